The molecular formula is C12H11Cl2NO4. The Morgan fingerprint density at radius 1 is 1.21 bits per heavy atom. The second-order valence-electron chi connectivity index (χ2n) is 4.11. The first-order valence-corrected chi connectivity index (χ1v) is 6.38. The standard InChI is InChI=1S/C12H11Cl2NO4/c13-6-2-1-3-7(14)10(6)15-11(16)8-4-5-9(19-8)12(17)18/h1-3,8-9H,4-5H2,(H,15,16)(H,17,18). The van der Waals surface area contributed by atoms with Crippen LogP contribution in [0.5, 0.6) is 0 Å². The molecule has 0 aromatic heterocycles. The van der Waals surface area contributed by atoms with E-state index in [0.29, 0.717) is 28.6 Å². The molecule has 0 aliphatic carbocycles. The highest BCUT2D eigenvalue weighted by molar-refractivity contribution is 6.39. The Morgan fingerprint density at radius 2 is 1.79 bits per heavy atom. The van der Waals surface area contributed by atoms with Gasteiger partial charge in [-0.25, -0.2) is 4.79 Å². The summed E-state index contributed by atoms with van der Waals surface area (Å²) in [5.41, 5.74) is 0.304. The monoisotopic (exact) mass is 303 g/mol. The molecule has 1 heterocycles. The summed E-state index contributed by atoms with van der Waals surface area (Å²) in [5, 5.41) is 12.0. The Labute approximate surface area is 119 Å². The minimum absolute atomic E-state index is 0.304. The van der Waals surface area contributed by atoms with Crippen LogP contribution in [0.4, 0.5) is 5.69 Å². The number of anilines is 1. The third-order valence-corrected chi connectivity index (χ3v) is 3.43. The third kappa shape index (κ3) is 3.18. The molecule has 7 heteroatoms. The smallest absolute Gasteiger partial charge is 0.332 e. The number of aliphatic carboxylic acids is 1. The molecule has 2 N–H and O–H groups in total. The first kappa shape index (κ1) is 14.1. The number of hydrogen-bond donors (Lipinski definition) is 2. The van der Waals surface area contributed by atoms with Crippen LogP contribution in [0.25, 0.3) is 0 Å². The molecule has 0 radical (unpaired) electrons. The summed E-state index contributed by atoms with van der Waals surface area (Å²) in [4.78, 5) is 22.7. The molecule has 1 fully saturated rings. The van der Waals surface area contributed by atoms with Gasteiger partial charge in [-0.05, 0) is 25.0 Å². The van der Waals surface area contributed by atoms with Gasteiger partial charge in [0.15, 0.2) is 6.10 Å². The van der Waals surface area contributed by atoms with E-state index in [2.05, 4.69) is 5.32 Å². The zero-order valence-electron chi connectivity index (χ0n) is 9.73. The SMILES string of the molecule is O=C(O)C1CCC(C(=O)Nc2c(Cl)cccc2Cl)O1. The average Bonchev–Trinajstić information content (AvgIpc) is 2.83. The van der Waals surface area contributed by atoms with Crippen molar-refractivity contribution in [3.05, 3.63) is 28.2 Å². The van der Waals surface area contributed by atoms with Crippen LogP contribution in [0.2, 0.25) is 10.0 Å². The fourth-order valence-corrected chi connectivity index (χ4v) is 2.32. The molecular weight excluding hydrogens is 293 g/mol. The van der Waals surface area contributed by atoms with Crippen LogP contribution >= 0.6 is 23.2 Å². The molecule has 2 rings (SSSR count). The highest BCUT2D eigenvalue weighted by Crippen LogP contribution is 2.31. The number of carboxylic acids is 1. The molecule has 0 saturated carbocycles. The van der Waals surface area contributed by atoms with E-state index in [1.54, 1.807) is 18.2 Å². The predicted octanol–water partition coefficient (Wildman–Crippen LogP) is 2.56. The predicted molar refractivity (Wildman–Crippen MR) is 70.6 cm³/mol. The summed E-state index contributed by atoms with van der Waals surface area (Å²) in [7, 11) is 0. The van der Waals surface area contributed by atoms with Crippen LogP contribution in [-0.4, -0.2) is 29.2 Å². The molecule has 1 amide bonds. The maximum Gasteiger partial charge on any atom is 0.332 e. The summed E-state index contributed by atoms with van der Waals surface area (Å²) in [6.07, 6.45) is -1.07. The maximum atomic E-state index is 11.9. The fraction of sp³-hybridized carbons (Fsp3) is 0.333. The van der Waals surface area contributed by atoms with Gasteiger partial charge in [0.25, 0.3) is 5.91 Å². The van der Waals surface area contributed by atoms with Gasteiger partial charge in [-0.2, -0.15) is 0 Å². The number of amides is 1. The lowest BCUT2D eigenvalue weighted by atomic mass is 10.2. The Hall–Kier alpha value is -1.30. The summed E-state index contributed by atoms with van der Waals surface area (Å²) in [6, 6.07) is 4.85. The summed E-state index contributed by atoms with van der Waals surface area (Å²) >= 11 is 11.9. The molecule has 2 atom stereocenters. The van der Waals surface area contributed by atoms with Crippen LogP contribution in [0.15, 0.2) is 18.2 Å². The fourth-order valence-electron chi connectivity index (χ4n) is 1.83. The van der Waals surface area contributed by atoms with E-state index in [4.69, 9.17) is 33.0 Å². The van der Waals surface area contributed by atoms with E-state index < -0.39 is 24.1 Å². The first-order chi connectivity index (χ1) is 8.99. The van der Waals surface area contributed by atoms with Crippen LogP contribution < -0.4 is 5.32 Å². The molecule has 1 aliphatic rings. The number of carbonyl (C=O) groups excluding carboxylic acids is 1. The van der Waals surface area contributed by atoms with Gasteiger partial charge in [0.05, 0.1) is 15.7 Å². The lowest BCUT2D eigenvalue weighted by Gasteiger charge is -2.13. The number of carbonyl (C=O) groups is 2. The van der Waals surface area contributed by atoms with Gasteiger partial charge in [-0.3, -0.25) is 4.79 Å². The van der Waals surface area contributed by atoms with Crippen molar-refractivity contribution in [2.24, 2.45) is 0 Å². The highest BCUT2D eigenvalue weighted by atomic mass is 35.5. The average molecular weight is 304 g/mol. The second-order valence-corrected chi connectivity index (χ2v) is 4.93. The van der Waals surface area contributed by atoms with Gasteiger partial charge in [-0.1, -0.05) is 29.3 Å². The number of carboxylic acid groups (broad SMARTS) is 1. The molecule has 5 nitrogen and oxygen atoms in total. The second kappa shape index (κ2) is 5.77. The van der Waals surface area contributed by atoms with E-state index >= 15 is 0 Å². The largest absolute Gasteiger partial charge is 0.479 e. The summed E-state index contributed by atoms with van der Waals surface area (Å²) < 4.78 is 5.14. The van der Waals surface area contributed by atoms with E-state index in [9.17, 15) is 9.59 Å². The van der Waals surface area contributed by atoms with Crippen LogP contribution in [0.3, 0.4) is 0 Å². The molecule has 19 heavy (non-hydrogen) atoms. The molecule has 102 valence electrons. The summed E-state index contributed by atoms with van der Waals surface area (Å²) in [6.45, 7) is 0. The number of benzene rings is 1. The first-order valence-electron chi connectivity index (χ1n) is 5.62. The van der Waals surface area contributed by atoms with Gasteiger partial charge in [0, 0.05) is 0 Å². The van der Waals surface area contributed by atoms with Crippen molar-refractivity contribution >= 4 is 40.8 Å². The Balaban J connectivity index is 2.04. The van der Waals surface area contributed by atoms with Gasteiger partial charge >= 0.3 is 5.97 Å². The minimum Gasteiger partial charge on any atom is -0.479 e. The molecule has 0 spiro atoms. The van der Waals surface area contributed by atoms with Gasteiger partial charge in [-0.15, -0.1) is 0 Å². The minimum atomic E-state index is -1.06. The Kier molecular flexibility index (Phi) is 4.29. The normalized spacial score (nSPS) is 22.2. The molecule has 1 aliphatic heterocycles. The van der Waals surface area contributed by atoms with Crippen molar-refractivity contribution in [2.45, 2.75) is 25.0 Å². The van der Waals surface area contributed by atoms with Gasteiger partial charge < -0.3 is 15.2 Å². The Morgan fingerprint density at radius 3 is 2.32 bits per heavy atom. The number of halogens is 2. The number of nitrogens with one attached hydrogen (secondary N) is 1. The number of ether oxygens (including phenoxy) is 1. The highest BCUT2D eigenvalue weighted by Gasteiger charge is 2.35. The molecule has 1 saturated heterocycles. The van der Waals surface area contributed by atoms with Crippen molar-refractivity contribution in [1.82, 2.24) is 0 Å². The third-order valence-electron chi connectivity index (χ3n) is 2.80. The van der Waals surface area contributed by atoms with Crippen molar-refractivity contribution < 1.29 is 19.4 Å². The molecule has 1 aromatic carbocycles. The van der Waals surface area contributed by atoms with Gasteiger partial charge in [0.1, 0.15) is 6.10 Å². The number of hydrogen-bond acceptors (Lipinski definition) is 3. The Bertz CT molecular complexity index is 500. The molecule has 0 bridgehead atoms. The zero-order chi connectivity index (χ0) is 14.0. The van der Waals surface area contributed by atoms with Crippen LogP contribution in [0.1, 0.15) is 12.8 Å². The molecule has 2 unspecified atom stereocenters. The lowest BCUT2D eigenvalue weighted by molar-refractivity contribution is -0.150. The number of para-hydroxylation sites is 1. The van der Waals surface area contributed by atoms with E-state index in [-0.39, 0.29) is 0 Å². The number of rotatable bonds is 3. The topological polar surface area (TPSA) is 75.6 Å². The van der Waals surface area contributed by atoms with Crippen molar-refractivity contribution in [3.8, 4) is 0 Å². The quantitative estimate of drug-likeness (QED) is 0.900. The van der Waals surface area contributed by atoms with E-state index in [0.717, 1.165) is 0 Å². The zero-order valence-corrected chi connectivity index (χ0v) is 11.2. The van der Waals surface area contributed by atoms with Crippen molar-refractivity contribution in [2.75, 3.05) is 5.32 Å². The van der Waals surface area contributed by atoms with Crippen molar-refractivity contribution in [3.63, 3.8) is 0 Å². The van der Waals surface area contributed by atoms with Crippen LogP contribution in [-0.2, 0) is 14.3 Å². The van der Waals surface area contributed by atoms with Crippen LogP contribution in [0, 0.1) is 0 Å². The van der Waals surface area contributed by atoms with E-state index in [1.807, 2.05) is 0 Å². The maximum absolute atomic E-state index is 11.9. The van der Waals surface area contributed by atoms with Gasteiger partial charge in [0.2, 0.25) is 0 Å². The van der Waals surface area contributed by atoms with Crippen molar-refractivity contribution in [1.29, 1.82) is 0 Å². The summed E-state index contributed by atoms with van der Waals surface area (Å²) in [5.74, 6) is -1.51. The lowest BCUT2D eigenvalue weighted by Crippen LogP contribution is -2.30. The van der Waals surface area contributed by atoms with E-state index in [1.165, 1.54) is 0 Å². The molecule has 1 aromatic rings.